The van der Waals surface area contributed by atoms with Crippen LogP contribution in [-0.4, -0.2) is 24.1 Å². The van der Waals surface area contributed by atoms with Crippen molar-refractivity contribution in [3.05, 3.63) is 24.0 Å². The lowest BCUT2D eigenvalue weighted by Gasteiger charge is -2.24. The molecule has 88 valence electrons. The highest BCUT2D eigenvalue weighted by Crippen LogP contribution is 2.31. The number of hydrogen-bond acceptors (Lipinski definition) is 3. The quantitative estimate of drug-likeness (QED) is 0.825. The van der Waals surface area contributed by atoms with Crippen LogP contribution in [0.2, 0.25) is 0 Å². The Labute approximate surface area is 97.7 Å². The van der Waals surface area contributed by atoms with Crippen LogP contribution < -0.4 is 10.6 Å². The van der Waals surface area contributed by atoms with Gasteiger partial charge in [-0.2, -0.15) is 0 Å². The van der Waals surface area contributed by atoms with E-state index in [1.54, 1.807) is 0 Å². The van der Waals surface area contributed by atoms with E-state index in [1.807, 2.05) is 6.20 Å². The van der Waals surface area contributed by atoms with Crippen LogP contribution in [0.1, 0.15) is 38.3 Å². The predicted octanol–water partition coefficient (Wildman–Crippen LogP) is 2.13. The van der Waals surface area contributed by atoms with Crippen molar-refractivity contribution in [3.8, 4) is 0 Å². The van der Waals surface area contributed by atoms with Crippen molar-refractivity contribution in [1.29, 1.82) is 0 Å². The van der Waals surface area contributed by atoms with E-state index in [-0.39, 0.29) is 0 Å². The van der Waals surface area contributed by atoms with Gasteiger partial charge in [-0.05, 0) is 30.9 Å². The average Bonchev–Trinajstić information content (AvgIpc) is 3.10. The summed E-state index contributed by atoms with van der Waals surface area (Å²) < 4.78 is 0. The van der Waals surface area contributed by atoms with E-state index < -0.39 is 0 Å². The summed E-state index contributed by atoms with van der Waals surface area (Å²) >= 11 is 0. The standard InChI is InChI=1S/C13H21N3/c1-10(2)13-9-12(5-7-15-13)16(8-6-14)11-3-4-11/h5,7,9-11H,3-4,6,8,14H2,1-2H3. The largest absolute Gasteiger partial charge is 0.367 e. The van der Waals surface area contributed by atoms with E-state index in [9.17, 15) is 0 Å². The number of anilines is 1. The van der Waals surface area contributed by atoms with Crippen molar-refractivity contribution in [3.63, 3.8) is 0 Å². The second-order valence-electron chi connectivity index (χ2n) is 4.81. The Balaban J connectivity index is 2.19. The summed E-state index contributed by atoms with van der Waals surface area (Å²) in [4.78, 5) is 6.83. The third-order valence-electron chi connectivity index (χ3n) is 3.05. The van der Waals surface area contributed by atoms with Crippen LogP contribution in [0, 0.1) is 0 Å². The highest BCUT2D eigenvalue weighted by Gasteiger charge is 2.28. The van der Waals surface area contributed by atoms with Crippen LogP contribution >= 0.6 is 0 Å². The molecule has 1 saturated carbocycles. The predicted molar refractivity (Wildman–Crippen MR) is 67.7 cm³/mol. The highest BCUT2D eigenvalue weighted by atomic mass is 15.2. The smallest absolute Gasteiger partial charge is 0.0449 e. The number of nitrogens with zero attached hydrogens (tertiary/aromatic N) is 2. The molecule has 1 fully saturated rings. The molecule has 0 radical (unpaired) electrons. The van der Waals surface area contributed by atoms with Gasteiger partial charge in [-0.1, -0.05) is 13.8 Å². The number of hydrogen-bond donors (Lipinski definition) is 1. The first kappa shape index (κ1) is 11.4. The van der Waals surface area contributed by atoms with Crippen LogP contribution in [0.3, 0.4) is 0 Å². The van der Waals surface area contributed by atoms with Crippen LogP contribution in [0.4, 0.5) is 5.69 Å². The molecule has 0 bridgehead atoms. The van der Waals surface area contributed by atoms with Crippen molar-refractivity contribution in [2.75, 3.05) is 18.0 Å². The fraction of sp³-hybridized carbons (Fsp3) is 0.615. The molecule has 16 heavy (non-hydrogen) atoms. The second kappa shape index (κ2) is 4.83. The van der Waals surface area contributed by atoms with Crippen molar-refractivity contribution >= 4 is 5.69 Å². The number of nitrogens with two attached hydrogens (primary N) is 1. The summed E-state index contributed by atoms with van der Waals surface area (Å²) in [6.07, 6.45) is 4.52. The molecular weight excluding hydrogens is 198 g/mol. The summed E-state index contributed by atoms with van der Waals surface area (Å²) in [5.41, 5.74) is 8.12. The van der Waals surface area contributed by atoms with Crippen LogP contribution in [0.25, 0.3) is 0 Å². The van der Waals surface area contributed by atoms with E-state index in [2.05, 4.69) is 35.9 Å². The summed E-state index contributed by atoms with van der Waals surface area (Å²) in [6.45, 7) is 6.02. The minimum Gasteiger partial charge on any atom is -0.367 e. The Bertz CT molecular complexity index is 345. The second-order valence-corrected chi connectivity index (χ2v) is 4.81. The minimum absolute atomic E-state index is 0.485. The molecule has 0 saturated heterocycles. The molecule has 0 unspecified atom stereocenters. The molecule has 3 heteroatoms. The average molecular weight is 219 g/mol. The van der Waals surface area contributed by atoms with Gasteiger partial charge in [0.15, 0.2) is 0 Å². The maximum Gasteiger partial charge on any atom is 0.0449 e. The molecule has 0 spiro atoms. The zero-order chi connectivity index (χ0) is 11.5. The van der Waals surface area contributed by atoms with Crippen molar-refractivity contribution in [2.24, 2.45) is 5.73 Å². The fourth-order valence-corrected chi connectivity index (χ4v) is 1.98. The number of pyridine rings is 1. The number of aromatic nitrogens is 1. The fourth-order valence-electron chi connectivity index (χ4n) is 1.98. The Kier molecular flexibility index (Phi) is 3.44. The Morgan fingerprint density at radius 1 is 1.50 bits per heavy atom. The van der Waals surface area contributed by atoms with E-state index in [0.29, 0.717) is 12.0 Å². The van der Waals surface area contributed by atoms with Gasteiger partial charge in [0, 0.05) is 36.7 Å². The Morgan fingerprint density at radius 2 is 2.25 bits per heavy atom. The molecule has 2 N–H and O–H groups in total. The number of rotatable bonds is 5. The van der Waals surface area contributed by atoms with E-state index >= 15 is 0 Å². The molecule has 2 rings (SSSR count). The topological polar surface area (TPSA) is 42.1 Å². The summed E-state index contributed by atoms with van der Waals surface area (Å²) in [5.74, 6) is 0.485. The molecule has 0 amide bonds. The molecular formula is C13H21N3. The Hall–Kier alpha value is -1.09. The van der Waals surface area contributed by atoms with Crippen LogP contribution in [0.15, 0.2) is 18.3 Å². The molecule has 3 nitrogen and oxygen atoms in total. The summed E-state index contributed by atoms with van der Waals surface area (Å²) in [5, 5.41) is 0. The molecule has 1 aliphatic rings. The van der Waals surface area contributed by atoms with E-state index in [0.717, 1.165) is 13.1 Å². The normalized spacial score (nSPS) is 15.5. The van der Waals surface area contributed by atoms with Gasteiger partial charge in [-0.3, -0.25) is 4.98 Å². The van der Waals surface area contributed by atoms with Gasteiger partial charge in [0.25, 0.3) is 0 Å². The van der Waals surface area contributed by atoms with Crippen LogP contribution in [0.5, 0.6) is 0 Å². The maximum atomic E-state index is 5.67. The van der Waals surface area contributed by atoms with Gasteiger partial charge < -0.3 is 10.6 Å². The van der Waals surface area contributed by atoms with Gasteiger partial charge in [-0.15, -0.1) is 0 Å². The van der Waals surface area contributed by atoms with Gasteiger partial charge in [0.05, 0.1) is 0 Å². The molecule has 1 aromatic heterocycles. The molecule has 1 aliphatic carbocycles. The minimum atomic E-state index is 0.485. The summed E-state index contributed by atoms with van der Waals surface area (Å²) in [6, 6.07) is 5.02. The lowest BCUT2D eigenvalue weighted by molar-refractivity contribution is 0.774. The SMILES string of the molecule is CC(C)c1cc(N(CCN)C2CC2)ccn1. The van der Waals surface area contributed by atoms with Gasteiger partial charge >= 0.3 is 0 Å². The Morgan fingerprint density at radius 3 is 2.81 bits per heavy atom. The third-order valence-corrected chi connectivity index (χ3v) is 3.05. The monoisotopic (exact) mass is 219 g/mol. The first-order valence-corrected chi connectivity index (χ1v) is 6.15. The lowest BCUT2D eigenvalue weighted by atomic mass is 10.1. The van der Waals surface area contributed by atoms with Gasteiger partial charge in [0.1, 0.15) is 0 Å². The zero-order valence-electron chi connectivity index (χ0n) is 10.2. The van der Waals surface area contributed by atoms with Crippen LogP contribution in [-0.2, 0) is 0 Å². The molecule has 0 aliphatic heterocycles. The van der Waals surface area contributed by atoms with Gasteiger partial charge in [0.2, 0.25) is 0 Å². The van der Waals surface area contributed by atoms with Crippen molar-refractivity contribution in [1.82, 2.24) is 4.98 Å². The zero-order valence-corrected chi connectivity index (χ0v) is 10.2. The summed E-state index contributed by atoms with van der Waals surface area (Å²) in [7, 11) is 0. The molecule has 0 aromatic carbocycles. The van der Waals surface area contributed by atoms with Gasteiger partial charge in [-0.25, -0.2) is 0 Å². The van der Waals surface area contributed by atoms with E-state index in [1.165, 1.54) is 24.2 Å². The van der Waals surface area contributed by atoms with Crippen molar-refractivity contribution < 1.29 is 0 Å². The first-order valence-electron chi connectivity index (χ1n) is 6.15. The molecule has 1 aromatic rings. The maximum absolute atomic E-state index is 5.67. The highest BCUT2D eigenvalue weighted by molar-refractivity contribution is 5.49. The lowest BCUT2D eigenvalue weighted by Crippen LogP contribution is -2.31. The van der Waals surface area contributed by atoms with E-state index in [4.69, 9.17) is 5.73 Å². The first-order chi connectivity index (χ1) is 7.72. The third kappa shape index (κ3) is 2.53. The molecule has 1 heterocycles. The molecule has 0 atom stereocenters. The van der Waals surface area contributed by atoms with Crippen molar-refractivity contribution in [2.45, 2.75) is 38.6 Å².